The molecule has 0 aliphatic carbocycles. The Morgan fingerprint density at radius 1 is 1.11 bits per heavy atom. The fourth-order valence-corrected chi connectivity index (χ4v) is 1.93. The first-order chi connectivity index (χ1) is 7.70. The van der Waals surface area contributed by atoms with E-state index in [-0.39, 0.29) is 88.0 Å². The van der Waals surface area contributed by atoms with Crippen molar-refractivity contribution in [1.29, 1.82) is 0 Å². The van der Waals surface area contributed by atoms with E-state index >= 15 is 0 Å². The minimum Gasteiger partial charge on any atom is -0.549 e. The molecule has 0 rings (SSSR count). The SMILES string of the molecule is CCCCC(CC(C(=O)[O-])C(=O)[O-])C(C)(C)C.[K+].[Li+]. The first-order valence-corrected chi connectivity index (χ1v) is 6.11. The maximum Gasteiger partial charge on any atom is 1.00 e. The number of aliphatic carboxylic acids is 2. The smallest absolute Gasteiger partial charge is 0.549 e. The van der Waals surface area contributed by atoms with Crippen molar-refractivity contribution in [2.45, 2.75) is 53.4 Å². The van der Waals surface area contributed by atoms with E-state index in [1.54, 1.807) is 0 Å². The van der Waals surface area contributed by atoms with Gasteiger partial charge in [0, 0.05) is 5.92 Å². The monoisotopic (exact) mass is 288 g/mol. The second-order valence-electron chi connectivity index (χ2n) is 5.63. The summed E-state index contributed by atoms with van der Waals surface area (Å²) in [6, 6.07) is 0. The number of carbonyl (C=O) groups excluding carboxylic acids is 2. The molecule has 0 spiro atoms. The van der Waals surface area contributed by atoms with Gasteiger partial charge in [-0.3, -0.25) is 0 Å². The number of carbonyl (C=O) groups is 2. The van der Waals surface area contributed by atoms with E-state index in [1.807, 2.05) is 20.8 Å². The Kier molecular flexibility index (Phi) is 15.6. The molecule has 0 fully saturated rings. The predicted octanol–water partition coefficient (Wildman–Crippen LogP) is -5.65. The fraction of sp³-hybridized carbons (Fsp3) is 0.846. The van der Waals surface area contributed by atoms with Crippen LogP contribution in [0, 0.1) is 17.3 Å². The third-order valence-electron chi connectivity index (χ3n) is 3.22. The zero-order valence-corrected chi connectivity index (χ0v) is 16.2. The maximum absolute atomic E-state index is 10.7. The van der Waals surface area contributed by atoms with Crippen molar-refractivity contribution in [1.82, 2.24) is 0 Å². The molecule has 1 unspecified atom stereocenters. The Balaban J connectivity index is -0.00000128. The van der Waals surface area contributed by atoms with Crippen molar-refractivity contribution >= 4 is 11.9 Å². The van der Waals surface area contributed by atoms with E-state index in [2.05, 4.69) is 6.92 Å². The molecular weight excluding hydrogens is 266 g/mol. The topological polar surface area (TPSA) is 80.3 Å². The van der Waals surface area contributed by atoms with Gasteiger partial charge in [0.25, 0.3) is 0 Å². The van der Waals surface area contributed by atoms with E-state index in [0.717, 1.165) is 19.3 Å². The van der Waals surface area contributed by atoms with Gasteiger partial charge in [-0.2, -0.15) is 0 Å². The minimum atomic E-state index is -1.55. The van der Waals surface area contributed by atoms with Crippen LogP contribution >= 0.6 is 0 Å². The second kappa shape index (κ2) is 11.8. The first kappa shape index (κ1) is 25.1. The number of carboxylic acid groups (broad SMARTS) is 2. The molecule has 19 heavy (non-hydrogen) atoms. The van der Waals surface area contributed by atoms with Crippen molar-refractivity contribution in [2.24, 2.45) is 17.3 Å². The van der Waals surface area contributed by atoms with Crippen molar-refractivity contribution in [3.8, 4) is 0 Å². The second-order valence-corrected chi connectivity index (χ2v) is 5.63. The third-order valence-corrected chi connectivity index (χ3v) is 3.22. The molecule has 4 nitrogen and oxygen atoms in total. The molecule has 0 bridgehead atoms. The number of hydrogen-bond donors (Lipinski definition) is 0. The molecule has 0 heterocycles. The minimum absolute atomic E-state index is 0. The standard InChI is InChI=1S/C13H24O4.K.Li/c1-5-6-7-9(13(2,3)4)8-10(11(14)15)12(16)17;;/h9-10H,5-8H2,1-4H3,(H,14,15)(H,16,17);;/q;2*+1/p-2. The number of rotatable bonds is 7. The third kappa shape index (κ3) is 10.5. The molecule has 0 N–H and O–H groups in total. The van der Waals surface area contributed by atoms with Gasteiger partial charge in [-0.15, -0.1) is 0 Å². The molecule has 100 valence electrons. The summed E-state index contributed by atoms with van der Waals surface area (Å²) in [5.41, 5.74) is -0.113. The van der Waals surface area contributed by atoms with E-state index < -0.39 is 17.9 Å². The van der Waals surface area contributed by atoms with Crippen molar-refractivity contribution in [2.75, 3.05) is 0 Å². The molecule has 0 radical (unpaired) electrons. The molecular formula is C13H22KLiO4. The van der Waals surface area contributed by atoms with Crippen LogP contribution < -0.4 is 80.5 Å². The Labute approximate surface area is 170 Å². The van der Waals surface area contributed by atoms with E-state index in [1.165, 1.54) is 0 Å². The Morgan fingerprint density at radius 3 is 1.79 bits per heavy atom. The van der Waals surface area contributed by atoms with Gasteiger partial charge >= 0.3 is 70.2 Å². The molecule has 0 aliphatic heterocycles. The predicted molar refractivity (Wildman–Crippen MR) is 60.6 cm³/mol. The van der Waals surface area contributed by atoms with Crippen LogP contribution in [0.5, 0.6) is 0 Å². The van der Waals surface area contributed by atoms with Gasteiger partial charge in [0.2, 0.25) is 0 Å². The van der Waals surface area contributed by atoms with Crippen molar-refractivity contribution in [3.05, 3.63) is 0 Å². The fourth-order valence-electron chi connectivity index (χ4n) is 1.93. The number of hydrogen-bond acceptors (Lipinski definition) is 4. The zero-order chi connectivity index (χ0) is 13.6. The van der Waals surface area contributed by atoms with Gasteiger partial charge < -0.3 is 19.8 Å². The first-order valence-electron chi connectivity index (χ1n) is 6.11. The van der Waals surface area contributed by atoms with Gasteiger partial charge in [0.15, 0.2) is 0 Å². The normalized spacial score (nSPS) is 12.3. The van der Waals surface area contributed by atoms with Crippen molar-refractivity contribution < 1.29 is 90.0 Å². The summed E-state index contributed by atoms with van der Waals surface area (Å²) in [5.74, 6) is -4.55. The zero-order valence-electron chi connectivity index (χ0n) is 13.1. The summed E-state index contributed by atoms with van der Waals surface area (Å²) < 4.78 is 0. The summed E-state index contributed by atoms with van der Waals surface area (Å²) >= 11 is 0. The average Bonchev–Trinajstić information content (AvgIpc) is 2.14. The molecule has 0 aliphatic rings. The summed E-state index contributed by atoms with van der Waals surface area (Å²) in [4.78, 5) is 21.5. The Bertz CT molecular complexity index is 262. The van der Waals surface area contributed by atoms with E-state index in [0.29, 0.717) is 0 Å². The van der Waals surface area contributed by atoms with Crippen LogP contribution in [-0.4, -0.2) is 11.9 Å². The van der Waals surface area contributed by atoms with Gasteiger partial charge in [-0.1, -0.05) is 40.5 Å². The van der Waals surface area contributed by atoms with Crippen LogP contribution in [0.4, 0.5) is 0 Å². The number of unbranched alkanes of at least 4 members (excludes halogenated alkanes) is 1. The van der Waals surface area contributed by atoms with Crippen molar-refractivity contribution in [3.63, 3.8) is 0 Å². The summed E-state index contributed by atoms with van der Waals surface area (Å²) in [7, 11) is 0. The Morgan fingerprint density at radius 2 is 1.53 bits per heavy atom. The Hall–Kier alpha value is 1.17. The quantitative estimate of drug-likeness (QED) is 0.345. The molecule has 0 saturated heterocycles. The van der Waals surface area contributed by atoms with Gasteiger partial charge in [-0.25, -0.2) is 0 Å². The molecule has 0 aromatic heterocycles. The van der Waals surface area contributed by atoms with Gasteiger partial charge in [0.1, 0.15) is 0 Å². The number of carboxylic acids is 2. The molecule has 0 amide bonds. The van der Waals surface area contributed by atoms with Crippen LogP contribution in [0.1, 0.15) is 53.4 Å². The van der Waals surface area contributed by atoms with Crippen LogP contribution in [-0.2, 0) is 9.59 Å². The van der Waals surface area contributed by atoms with Crippen LogP contribution in [0.15, 0.2) is 0 Å². The van der Waals surface area contributed by atoms with Gasteiger partial charge in [0.05, 0.1) is 11.9 Å². The maximum atomic E-state index is 10.7. The molecule has 6 heteroatoms. The largest absolute Gasteiger partial charge is 1.00 e. The van der Waals surface area contributed by atoms with Crippen LogP contribution in [0.3, 0.4) is 0 Å². The van der Waals surface area contributed by atoms with Crippen LogP contribution in [0.25, 0.3) is 0 Å². The summed E-state index contributed by atoms with van der Waals surface area (Å²) in [5, 5.41) is 21.5. The summed E-state index contributed by atoms with van der Waals surface area (Å²) in [6.07, 6.45) is 2.90. The van der Waals surface area contributed by atoms with Gasteiger partial charge in [-0.05, 0) is 24.2 Å². The van der Waals surface area contributed by atoms with E-state index in [4.69, 9.17) is 0 Å². The molecule has 1 atom stereocenters. The average molecular weight is 288 g/mol. The molecule has 0 aromatic carbocycles. The molecule has 0 saturated carbocycles. The molecule has 0 aromatic rings. The van der Waals surface area contributed by atoms with E-state index in [9.17, 15) is 19.8 Å². The summed E-state index contributed by atoms with van der Waals surface area (Å²) in [6.45, 7) is 8.04. The van der Waals surface area contributed by atoms with Crippen LogP contribution in [0.2, 0.25) is 0 Å².